The van der Waals surface area contributed by atoms with E-state index in [1.54, 1.807) is 0 Å². The van der Waals surface area contributed by atoms with Gasteiger partial charge in [0.05, 0.1) is 18.0 Å². The Kier molecular flexibility index (Phi) is 4.12. The highest BCUT2D eigenvalue weighted by Crippen LogP contribution is 2.24. The third-order valence-corrected chi connectivity index (χ3v) is 2.10. The quantitative estimate of drug-likeness (QED) is 0.839. The maximum atomic E-state index is 13.3. The van der Waals surface area contributed by atoms with Gasteiger partial charge in [-0.25, -0.2) is 13.2 Å². The molecule has 3 nitrogen and oxygen atoms in total. The minimum Gasteiger partial charge on any atom is -0.481 e. The number of nitrogens with zero attached hydrogens (tertiary/aromatic N) is 1. The highest BCUT2D eigenvalue weighted by molar-refractivity contribution is 6.16. The van der Waals surface area contributed by atoms with Crippen LogP contribution in [0.4, 0.5) is 13.2 Å². The van der Waals surface area contributed by atoms with Gasteiger partial charge in [-0.3, -0.25) is 9.78 Å². The smallest absolute Gasteiger partial charge is 0.308 e. The van der Waals surface area contributed by atoms with E-state index in [1.807, 2.05) is 0 Å². The summed E-state index contributed by atoms with van der Waals surface area (Å²) < 4.78 is 38.3. The van der Waals surface area contributed by atoms with E-state index < -0.39 is 35.9 Å². The van der Waals surface area contributed by atoms with Crippen molar-refractivity contribution >= 4 is 17.6 Å². The minimum atomic E-state index is -3.04. The fourth-order valence-electron chi connectivity index (χ4n) is 1.19. The highest BCUT2D eigenvalue weighted by Gasteiger charge is 2.21. The standard InChI is InChI=1S/C9H7ClF3NO2/c10-3-4-1-6(11)5(2-7(15)16)8(14-4)9(12)13/h1,9H,2-3H2,(H,15,16). The molecule has 1 heterocycles. The number of halogens is 4. The number of hydrogen-bond acceptors (Lipinski definition) is 2. The van der Waals surface area contributed by atoms with Gasteiger partial charge in [0.2, 0.25) is 0 Å². The topological polar surface area (TPSA) is 50.2 Å². The van der Waals surface area contributed by atoms with E-state index in [9.17, 15) is 18.0 Å². The zero-order valence-electron chi connectivity index (χ0n) is 7.88. The molecule has 0 bridgehead atoms. The summed E-state index contributed by atoms with van der Waals surface area (Å²) in [5, 5.41) is 8.46. The van der Waals surface area contributed by atoms with Crippen LogP contribution in [-0.2, 0) is 17.1 Å². The van der Waals surface area contributed by atoms with Crippen molar-refractivity contribution in [3.8, 4) is 0 Å². The fraction of sp³-hybridized carbons (Fsp3) is 0.333. The molecule has 0 atom stereocenters. The Labute approximate surface area is 93.9 Å². The van der Waals surface area contributed by atoms with Crippen molar-refractivity contribution in [1.82, 2.24) is 4.98 Å². The lowest BCUT2D eigenvalue weighted by molar-refractivity contribution is -0.136. The number of hydrogen-bond donors (Lipinski definition) is 1. The van der Waals surface area contributed by atoms with Crippen molar-refractivity contribution in [3.05, 3.63) is 28.8 Å². The number of carbonyl (C=O) groups is 1. The number of carboxylic acid groups (broad SMARTS) is 1. The Balaban J connectivity index is 3.27. The van der Waals surface area contributed by atoms with Crippen molar-refractivity contribution in [2.75, 3.05) is 0 Å². The molecule has 0 aliphatic carbocycles. The van der Waals surface area contributed by atoms with E-state index in [0.717, 1.165) is 6.07 Å². The molecule has 0 amide bonds. The molecule has 1 rings (SSSR count). The number of pyridine rings is 1. The molecular formula is C9H7ClF3NO2. The van der Waals surface area contributed by atoms with Gasteiger partial charge >= 0.3 is 5.97 Å². The number of aliphatic carboxylic acids is 1. The van der Waals surface area contributed by atoms with Gasteiger partial charge in [0.1, 0.15) is 11.5 Å². The van der Waals surface area contributed by atoms with Gasteiger partial charge in [-0.05, 0) is 6.07 Å². The van der Waals surface area contributed by atoms with Gasteiger partial charge in [-0.2, -0.15) is 0 Å². The van der Waals surface area contributed by atoms with E-state index in [1.165, 1.54) is 0 Å². The van der Waals surface area contributed by atoms with Crippen LogP contribution in [0, 0.1) is 5.82 Å². The van der Waals surface area contributed by atoms with Crippen molar-refractivity contribution in [1.29, 1.82) is 0 Å². The lowest BCUT2D eigenvalue weighted by Gasteiger charge is -2.09. The van der Waals surface area contributed by atoms with Crippen LogP contribution < -0.4 is 0 Å². The monoisotopic (exact) mass is 253 g/mol. The van der Waals surface area contributed by atoms with Crippen molar-refractivity contribution in [2.24, 2.45) is 0 Å². The second-order valence-corrected chi connectivity index (χ2v) is 3.23. The predicted octanol–water partition coefficient (Wildman–Crippen LogP) is 2.52. The van der Waals surface area contributed by atoms with Crippen LogP contribution in [0.15, 0.2) is 6.07 Å². The van der Waals surface area contributed by atoms with Crippen LogP contribution in [0.3, 0.4) is 0 Å². The molecule has 0 spiro atoms. The molecule has 1 N–H and O–H groups in total. The Hall–Kier alpha value is -1.30. The van der Waals surface area contributed by atoms with Crippen LogP contribution >= 0.6 is 11.6 Å². The molecule has 88 valence electrons. The first-order valence-corrected chi connectivity index (χ1v) is 4.73. The first-order valence-electron chi connectivity index (χ1n) is 4.19. The lowest BCUT2D eigenvalue weighted by Crippen LogP contribution is -2.10. The third kappa shape index (κ3) is 2.85. The second-order valence-electron chi connectivity index (χ2n) is 2.96. The number of aromatic nitrogens is 1. The molecule has 0 saturated heterocycles. The van der Waals surface area contributed by atoms with Crippen molar-refractivity contribution in [2.45, 2.75) is 18.7 Å². The van der Waals surface area contributed by atoms with Gasteiger partial charge in [0, 0.05) is 5.56 Å². The third-order valence-electron chi connectivity index (χ3n) is 1.83. The van der Waals surface area contributed by atoms with Crippen molar-refractivity contribution < 1.29 is 23.1 Å². The first kappa shape index (κ1) is 12.8. The fourth-order valence-corrected chi connectivity index (χ4v) is 1.32. The van der Waals surface area contributed by atoms with Gasteiger partial charge < -0.3 is 5.11 Å². The zero-order chi connectivity index (χ0) is 12.3. The molecule has 0 radical (unpaired) electrons. The van der Waals surface area contributed by atoms with E-state index in [4.69, 9.17) is 16.7 Å². The maximum Gasteiger partial charge on any atom is 0.308 e. The number of rotatable bonds is 4. The summed E-state index contributed by atoms with van der Waals surface area (Å²) in [6.45, 7) is 0. The maximum absolute atomic E-state index is 13.3. The zero-order valence-corrected chi connectivity index (χ0v) is 8.64. The van der Waals surface area contributed by atoms with E-state index >= 15 is 0 Å². The van der Waals surface area contributed by atoms with E-state index in [2.05, 4.69) is 4.98 Å². The van der Waals surface area contributed by atoms with Crippen molar-refractivity contribution in [3.63, 3.8) is 0 Å². The molecule has 1 aromatic rings. The molecule has 0 aliphatic rings. The molecule has 16 heavy (non-hydrogen) atoms. The Bertz CT molecular complexity index is 412. The van der Waals surface area contributed by atoms with Gasteiger partial charge in [0.15, 0.2) is 0 Å². The summed E-state index contributed by atoms with van der Waals surface area (Å²) in [5.41, 5.74) is -1.52. The minimum absolute atomic E-state index is 0.0522. The summed E-state index contributed by atoms with van der Waals surface area (Å²) in [6, 6.07) is 0.858. The molecule has 0 fully saturated rings. The van der Waals surface area contributed by atoms with E-state index in [-0.39, 0.29) is 11.6 Å². The average Bonchev–Trinajstić information content (AvgIpc) is 2.19. The summed E-state index contributed by atoms with van der Waals surface area (Å²) >= 11 is 5.34. The number of alkyl halides is 3. The highest BCUT2D eigenvalue weighted by atomic mass is 35.5. The predicted molar refractivity (Wildman–Crippen MR) is 50.0 cm³/mol. The van der Waals surface area contributed by atoms with Crippen LogP contribution in [0.1, 0.15) is 23.4 Å². The SMILES string of the molecule is O=C(O)Cc1c(F)cc(CCl)nc1C(F)F. The van der Waals surface area contributed by atoms with Crippen LogP contribution in [0.2, 0.25) is 0 Å². The Morgan fingerprint density at radius 2 is 2.19 bits per heavy atom. The summed E-state index contributed by atoms with van der Waals surface area (Å²) in [4.78, 5) is 13.8. The number of carboxylic acids is 1. The molecule has 0 unspecified atom stereocenters. The van der Waals surface area contributed by atoms with Gasteiger partial charge in [-0.1, -0.05) is 0 Å². The van der Waals surface area contributed by atoms with Gasteiger partial charge in [-0.15, -0.1) is 11.6 Å². The van der Waals surface area contributed by atoms with Crippen LogP contribution in [0.5, 0.6) is 0 Å². The molecule has 7 heteroatoms. The molecule has 0 aromatic carbocycles. The Morgan fingerprint density at radius 3 is 2.62 bits per heavy atom. The summed E-state index contributed by atoms with van der Waals surface area (Å²) in [6.07, 6.45) is -3.87. The first-order chi connectivity index (χ1) is 7.45. The summed E-state index contributed by atoms with van der Waals surface area (Å²) in [7, 11) is 0. The second kappa shape index (κ2) is 5.16. The lowest BCUT2D eigenvalue weighted by atomic mass is 10.1. The van der Waals surface area contributed by atoms with Crippen LogP contribution in [0.25, 0.3) is 0 Å². The summed E-state index contributed by atoms with van der Waals surface area (Å²) in [5.74, 6) is -2.64. The van der Waals surface area contributed by atoms with Crippen LogP contribution in [-0.4, -0.2) is 16.1 Å². The molecule has 1 aromatic heterocycles. The average molecular weight is 254 g/mol. The van der Waals surface area contributed by atoms with Gasteiger partial charge in [0.25, 0.3) is 6.43 Å². The molecular weight excluding hydrogens is 247 g/mol. The Morgan fingerprint density at radius 1 is 1.56 bits per heavy atom. The molecule has 0 aliphatic heterocycles. The largest absolute Gasteiger partial charge is 0.481 e. The molecule has 0 saturated carbocycles. The normalized spacial score (nSPS) is 10.8. The van der Waals surface area contributed by atoms with E-state index in [0.29, 0.717) is 0 Å².